The van der Waals surface area contributed by atoms with Gasteiger partial charge < -0.3 is 10.2 Å². The molecule has 4 nitrogen and oxygen atoms in total. The molecule has 0 saturated heterocycles. The number of ketones is 2. The molecule has 0 radical (unpaired) electrons. The summed E-state index contributed by atoms with van der Waals surface area (Å²) in [6.45, 7) is 0. The molecule has 2 N–H and O–H groups in total. The predicted molar refractivity (Wildman–Crippen MR) is 72.6 cm³/mol. The second kappa shape index (κ2) is 4.35. The molecule has 100 valence electrons. The maximum atomic E-state index is 12.4. The summed E-state index contributed by atoms with van der Waals surface area (Å²) in [4.78, 5) is 24.8. The van der Waals surface area contributed by atoms with Crippen LogP contribution >= 0.6 is 11.6 Å². The minimum absolute atomic E-state index is 0.0736. The number of aromatic hydroxyl groups is 2. The third kappa shape index (κ3) is 1.55. The highest BCUT2D eigenvalue weighted by atomic mass is 35.5. The molecule has 0 aromatic heterocycles. The number of alkyl halides is 1. The molecule has 0 unspecified atom stereocenters. The van der Waals surface area contributed by atoms with Gasteiger partial charge in [-0.15, -0.1) is 11.6 Å². The largest absolute Gasteiger partial charge is 0.507 e. The van der Waals surface area contributed by atoms with Crippen LogP contribution in [0.25, 0.3) is 0 Å². The van der Waals surface area contributed by atoms with Crippen LogP contribution < -0.4 is 0 Å². The Bertz CT molecular complexity index is 765. The van der Waals surface area contributed by atoms with Gasteiger partial charge in [0.15, 0.2) is 11.6 Å². The molecule has 0 spiro atoms. The van der Waals surface area contributed by atoms with Gasteiger partial charge in [0.25, 0.3) is 0 Å². The number of phenols is 2. The van der Waals surface area contributed by atoms with Crippen LogP contribution in [0, 0.1) is 0 Å². The van der Waals surface area contributed by atoms with E-state index in [2.05, 4.69) is 0 Å². The van der Waals surface area contributed by atoms with Crippen LogP contribution in [-0.2, 0) is 5.88 Å². The predicted octanol–water partition coefficient (Wildman–Crippen LogP) is 2.61. The van der Waals surface area contributed by atoms with E-state index in [1.165, 1.54) is 18.2 Å². The molecule has 0 fully saturated rings. The summed E-state index contributed by atoms with van der Waals surface area (Å²) in [7, 11) is 0. The van der Waals surface area contributed by atoms with Crippen molar-refractivity contribution in [3.05, 3.63) is 58.1 Å². The van der Waals surface area contributed by atoms with E-state index in [9.17, 15) is 19.8 Å². The minimum atomic E-state index is -0.491. The summed E-state index contributed by atoms with van der Waals surface area (Å²) in [5.74, 6) is -1.74. The van der Waals surface area contributed by atoms with E-state index >= 15 is 0 Å². The first-order chi connectivity index (χ1) is 9.56. The van der Waals surface area contributed by atoms with Gasteiger partial charge in [0.05, 0.1) is 17.0 Å². The Hall–Kier alpha value is -2.33. The van der Waals surface area contributed by atoms with Crippen LogP contribution in [0.1, 0.15) is 37.4 Å². The SMILES string of the molecule is O=C1c2ccccc2C(=O)c2c(O)c(CCl)cc(O)c21. The molecule has 0 bridgehead atoms. The second-order valence-electron chi connectivity index (χ2n) is 4.49. The van der Waals surface area contributed by atoms with Crippen molar-refractivity contribution in [1.82, 2.24) is 0 Å². The van der Waals surface area contributed by atoms with Crippen molar-refractivity contribution in [2.75, 3.05) is 0 Å². The van der Waals surface area contributed by atoms with Crippen molar-refractivity contribution in [3.8, 4) is 11.5 Å². The van der Waals surface area contributed by atoms with Crippen molar-refractivity contribution in [1.29, 1.82) is 0 Å². The summed E-state index contributed by atoms with van der Waals surface area (Å²) in [5, 5.41) is 20.1. The second-order valence-corrected chi connectivity index (χ2v) is 4.76. The van der Waals surface area contributed by atoms with E-state index in [-0.39, 0.29) is 45.2 Å². The fraction of sp³-hybridized carbons (Fsp3) is 0.0667. The van der Waals surface area contributed by atoms with E-state index in [0.29, 0.717) is 0 Å². The molecule has 20 heavy (non-hydrogen) atoms. The number of carbonyl (C=O) groups excluding carboxylic acids is 2. The number of phenolic OH excluding ortho intramolecular Hbond substituents is 2. The minimum Gasteiger partial charge on any atom is -0.507 e. The first-order valence-electron chi connectivity index (χ1n) is 5.88. The Kier molecular flexibility index (Phi) is 2.76. The number of fused-ring (bicyclic) bond motifs is 2. The van der Waals surface area contributed by atoms with Crippen LogP contribution in [0.15, 0.2) is 30.3 Å². The zero-order chi connectivity index (χ0) is 14.4. The molecule has 2 aromatic carbocycles. The maximum Gasteiger partial charge on any atom is 0.198 e. The summed E-state index contributed by atoms with van der Waals surface area (Å²) in [6.07, 6.45) is 0. The van der Waals surface area contributed by atoms with Crippen molar-refractivity contribution in [2.45, 2.75) is 5.88 Å². The zero-order valence-electron chi connectivity index (χ0n) is 10.2. The number of halogens is 1. The van der Waals surface area contributed by atoms with Crippen LogP contribution in [-0.4, -0.2) is 21.8 Å². The molecular formula is C15H9ClO4. The number of benzene rings is 2. The van der Waals surface area contributed by atoms with Crippen molar-refractivity contribution in [3.63, 3.8) is 0 Å². The molecule has 5 heteroatoms. The molecule has 0 aliphatic heterocycles. The third-order valence-corrected chi connectivity index (χ3v) is 3.66. The van der Waals surface area contributed by atoms with Gasteiger partial charge in [0, 0.05) is 16.7 Å². The normalized spacial score (nSPS) is 13.1. The fourth-order valence-corrected chi connectivity index (χ4v) is 2.62. The summed E-state index contributed by atoms with van der Waals surface area (Å²) >= 11 is 5.66. The lowest BCUT2D eigenvalue weighted by atomic mass is 9.82. The van der Waals surface area contributed by atoms with E-state index in [1.807, 2.05) is 0 Å². The van der Waals surface area contributed by atoms with E-state index in [4.69, 9.17) is 11.6 Å². The maximum absolute atomic E-state index is 12.4. The average molecular weight is 289 g/mol. The van der Waals surface area contributed by atoms with E-state index in [0.717, 1.165) is 0 Å². The van der Waals surface area contributed by atoms with Crippen LogP contribution in [0.2, 0.25) is 0 Å². The first-order valence-corrected chi connectivity index (χ1v) is 6.42. The van der Waals surface area contributed by atoms with E-state index in [1.54, 1.807) is 12.1 Å². The van der Waals surface area contributed by atoms with Gasteiger partial charge in [-0.05, 0) is 6.07 Å². The Morgan fingerprint density at radius 2 is 1.50 bits per heavy atom. The Balaban J connectivity index is 2.39. The van der Waals surface area contributed by atoms with Gasteiger partial charge in [-0.3, -0.25) is 9.59 Å². The number of hydrogen-bond donors (Lipinski definition) is 2. The van der Waals surface area contributed by atoms with Gasteiger partial charge in [-0.2, -0.15) is 0 Å². The van der Waals surface area contributed by atoms with Crippen molar-refractivity contribution >= 4 is 23.2 Å². The van der Waals surface area contributed by atoms with Gasteiger partial charge >= 0.3 is 0 Å². The highest BCUT2D eigenvalue weighted by molar-refractivity contribution is 6.30. The molecule has 1 aliphatic carbocycles. The monoisotopic (exact) mass is 288 g/mol. The molecule has 3 rings (SSSR count). The molecular weight excluding hydrogens is 280 g/mol. The molecule has 0 atom stereocenters. The summed E-state index contributed by atoms with van der Waals surface area (Å²) in [6, 6.07) is 7.52. The topological polar surface area (TPSA) is 74.6 Å². The lowest BCUT2D eigenvalue weighted by Crippen LogP contribution is -2.21. The fourth-order valence-electron chi connectivity index (χ4n) is 2.41. The first kappa shape index (κ1) is 12.7. The highest BCUT2D eigenvalue weighted by Gasteiger charge is 2.35. The van der Waals surface area contributed by atoms with Crippen molar-refractivity contribution < 1.29 is 19.8 Å². The number of hydrogen-bond acceptors (Lipinski definition) is 4. The smallest absolute Gasteiger partial charge is 0.198 e. The lowest BCUT2D eigenvalue weighted by molar-refractivity contribution is 0.0974. The van der Waals surface area contributed by atoms with Crippen molar-refractivity contribution in [2.24, 2.45) is 0 Å². The third-order valence-electron chi connectivity index (χ3n) is 3.37. The standard InChI is InChI=1S/C15H9ClO4/c16-6-7-5-10(17)11-12(13(7)18)15(20)9-4-2-1-3-8(9)14(11)19/h1-5,17-18H,6H2. The van der Waals surface area contributed by atoms with E-state index < -0.39 is 11.6 Å². The summed E-state index contributed by atoms with van der Waals surface area (Å²) < 4.78 is 0. The Morgan fingerprint density at radius 3 is 2.05 bits per heavy atom. The molecule has 0 amide bonds. The van der Waals surface area contributed by atoms with Crippen LogP contribution in [0.5, 0.6) is 11.5 Å². The number of carbonyl (C=O) groups is 2. The molecule has 0 saturated carbocycles. The zero-order valence-corrected chi connectivity index (χ0v) is 10.9. The van der Waals surface area contributed by atoms with Gasteiger partial charge in [0.2, 0.25) is 0 Å². The molecule has 2 aromatic rings. The van der Waals surface area contributed by atoms with Gasteiger partial charge in [0.1, 0.15) is 11.5 Å². The van der Waals surface area contributed by atoms with Crippen LogP contribution in [0.3, 0.4) is 0 Å². The van der Waals surface area contributed by atoms with Gasteiger partial charge in [-0.25, -0.2) is 0 Å². The number of rotatable bonds is 1. The summed E-state index contributed by atoms with van der Waals surface area (Å²) in [5.41, 5.74) is 0.303. The Labute approximate surface area is 119 Å². The van der Waals surface area contributed by atoms with Gasteiger partial charge in [-0.1, -0.05) is 24.3 Å². The molecule has 0 heterocycles. The molecule has 1 aliphatic rings. The Morgan fingerprint density at radius 1 is 0.950 bits per heavy atom. The highest BCUT2D eigenvalue weighted by Crippen LogP contribution is 2.40. The average Bonchev–Trinajstić information content (AvgIpc) is 2.46. The van der Waals surface area contributed by atoms with Crippen LogP contribution in [0.4, 0.5) is 0 Å². The quantitative estimate of drug-likeness (QED) is 0.533. The lowest BCUT2D eigenvalue weighted by Gasteiger charge is -2.20.